The first-order valence-corrected chi connectivity index (χ1v) is 11.0. The van der Waals surface area contributed by atoms with E-state index < -0.39 is 42.1 Å². The summed E-state index contributed by atoms with van der Waals surface area (Å²) in [5.74, 6) is -6.46. The fourth-order valence-electron chi connectivity index (χ4n) is 4.43. The van der Waals surface area contributed by atoms with Crippen LogP contribution in [-0.4, -0.2) is 37.4 Å². The first-order valence-electron chi connectivity index (χ1n) is 11.0. The van der Waals surface area contributed by atoms with E-state index in [9.17, 15) is 31.1 Å². The number of benzene rings is 1. The molecule has 7 nitrogen and oxygen atoms in total. The van der Waals surface area contributed by atoms with Crippen molar-refractivity contribution in [1.29, 1.82) is 0 Å². The average molecular weight is 520 g/mol. The van der Waals surface area contributed by atoms with Gasteiger partial charge in [-0.25, -0.2) is 19.3 Å². The van der Waals surface area contributed by atoms with Crippen LogP contribution in [0.5, 0.6) is 0 Å². The van der Waals surface area contributed by atoms with E-state index in [0.29, 0.717) is 11.1 Å². The van der Waals surface area contributed by atoms with Crippen molar-refractivity contribution in [2.24, 2.45) is 0 Å². The number of carbonyl (C=O) groups excluding carboxylic acids is 1. The normalized spacial score (nSPS) is 17.8. The SMILES string of the molecule is CC1(c2ccccc2)C(=O)Nc2nc(-c3nc(CCC(F)(F)C(F)(F)F)n4cc(F)ccc34)nc(N)c21. The Balaban J connectivity index is 1.61. The summed E-state index contributed by atoms with van der Waals surface area (Å²) >= 11 is 0. The molecule has 4 heterocycles. The lowest BCUT2D eigenvalue weighted by Gasteiger charge is -2.23. The minimum atomic E-state index is -5.74. The molecule has 1 aliphatic heterocycles. The van der Waals surface area contributed by atoms with Crippen LogP contribution >= 0.6 is 0 Å². The van der Waals surface area contributed by atoms with E-state index in [1.807, 2.05) is 0 Å². The van der Waals surface area contributed by atoms with E-state index in [0.717, 1.165) is 16.7 Å². The summed E-state index contributed by atoms with van der Waals surface area (Å²) in [6.45, 7) is 1.66. The Hall–Kier alpha value is -4.16. The zero-order valence-corrected chi connectivity index (χ0v) is 19.1. The van der Waals surface area contributed by atoms with Gasteiger partial charge in [-0.1, -0.05) is 30.3 Å². The van der Waals surface area contributed by atoms with Crippen LogP contribution in [0.1, 0.15) is 30.3 Å². The van der Waals surface area contributed by atoms with E-state index in [1.54, 1.807) is 37.3 Å². The molecule has 1 amide bonds. The van der Waals surface area contributed by atoms with Gasteiger partial charge in [0.05, 0.1) is 11.1 Å². The summed E-state index contributed by atoms with van der Waals surface area (Å²) in [6.07, 6.45) is -7.24. The third-order valence-corrected chi connectivity index (χ3v) is 6.44. The first kappa shape index (κ1) is 24.5. The van der Waals surface area contributed by atoms with E-state index in [-0.39, 0.29) is 34.5 Å². The maximum atomic E-state index is 13.9. The molecule has 4 aromatic rings. The molecule has 0 fully saturated rings. The van der Waals surface area contributed by atoms with Gasteiger partial charge >= 0.3 is 12.1 Å². The smallest absolute Gasteiger partial charge is 0.383 e. The maximum absolute atomic E-state index is 13.9. The highest BCUT2D eigenvalue weighted by Gasteiger charge is 2.56. The van der Waals surface area contributed by atoms with Gasteiger partial charge in [-0.05, 0) is 24.6 Å². The summed E-state index contributed by atoms with van der Waals surface area (Å²) in [7, 11) is 0. The molecule has 0 bridgehead atoms. The number of alkyl halides is 5. The van der Waals surface area contributed by atoms with Gasteiger partial charge in [0.15, 0.2) is 5.82 Å². The number of anilines is 2. The Kier molecular flexibility index (Phi) is 5.42. The summed E-state index contributed by atoms with van der Waals surface area (Å²) in [6, 6.07) is 11.2. The second-order valence-corrected chi connectivity index (χ2v) is 8.78. The molecule has 37 heavy (non-hydrogen) atoms. The number of rotatable bonds is 5. The fraction of sp³-hybridized carbons (Fsp3) is 0.250. The molecule has 192 valence electrons. The van der Waals surface area contributed by atoms with Gasteiger partial charge in [0.1, 0.15) is 34.4 Å². The molecule has 1 aromatic carbocycles. The van der Waals surface area contributed by atoms with E-state index >= 15 is 0 Å². The lowest BCUT2D eigenvalue weighted by molar-refractivity contribution is -0.284. The van der Waals surface area contributed by atoms with Crippen molar-refractivity contribution in [2.45, 2.75) is 37.3 Å². The van der Waals surface area contributed by atoms with Crippen LogP contribution in [0, 0.1) is 5.82 Å². The molecule has 3 aromatic heterocycles. The third-order valence-electron chi connectivity index (χ3n) is 6.44. The van der Waals surface area contributed by atoms with E-state index in [1.165, 1.54) is 6.07 Å². The molecule has 5 rings (SSSR count). The molecule has 13 heteroatoms. The van der Waals surface area contributed by atoms with Gasteiger partial charge in [0.25, 0.3) is 0 Å². The lowest BCUT2D eigenvalue weighted by atomic mass is 9.78. The van der Waals surface area contributed by atoms with Crippen molar-refractivity contribution in [2.75, 3.05) is 11.1 Å². The molecule has 1 unspecified atom stereocenters. The lowest BCUT2D eigenvalue weighted by Crippen LogP contribution is -2.36. The number of amides is 1. The van der Waals surface area contributed by atoms with Crippen LogP contribution in [0.4, 0.5) is 38.0 Å². The number of hydrogen-bond donors (Lipinski definition) is 2. The second kappa shape index (κ2) is 8.18. The van der Waals surface area contributed by atoms with E-state index in [2.05, 4.69) is 20.3 Å². The number of aromatic nitrogens is 4. The highest BCUT2D eigenvalue weighted by molar-refractivity contribution is 6.09. The topological polar surface area (TPSA) is 98.2 Å². The molecular weight excluding hydrogens is 502 g/mol. The van der Waals surface area contributed by atoms with Crippen LogP contribution in [0.2, 0.25) is 0 Å². The predicted octanol–water partition coefficient (Wildman–Crippen LogP) is 4.90. The van der Waals surface area contributed by atoms with Crippen LogP contribution < -0.4 is 11.1 Å². The van der Waals surface area contributed by atoms with Crippen LogP contribution in [0.15, 0.2) is 48.7 Å². The van der Waals surface area contributed by atoms with Gasteiger partial charge in [-0.15, -0.1) is 0 Å². The largest absolute Gasteiger partial charge is 0.453 e. The van der Waals surface area contributed by atoms with Crippen molar-refractivity contribution >= 4 is 23.1 Å². The molecule has 0 radical (unpaired) electrons. The second-order valence-electron chi connectivity index (χ2n) is 8.78. The van der Waals surface area contributed by atoms with Gasteiger partial charge in [0, 0.05) is 19.0 Å². The molecular formula is C24H18F6N6O. The van der Waals surface area contributed by atoms with E-state index in [4.69, 9.17) is 5.73 Å². The van der Waals surface area contributed by atoms with Crippen molar-refractivity contribution in [3.8, 4) is 11.5 Å². The number of nitrogens with one attached hydrogen (secondary N) is 1. The van der Waals surface area contributed by atoms with Gasteiger partial charge in [-0.3, -0.25) is 4.79 Å². The minimum absolute atomic E-state index is 0.0256. The quantitative estimate of drug-likeness (QED) is 0.365. The monoisotopic (exact) mass is 520 g/mol. The van der Waals surface area contributed by atoms with Gasteiger partial charge in [0.2, 0.25) is 5.91 Å². The molecule has 0 saturated heterocycles. The average Bonchev–Trinajstić information content (AvgIpc) is 3.32. The number of pyridine rings is 1. The summed E-state index contributed by atoms with van der Waals surface area (Å²) in [4.78, 5) is 25.8. The fourth-order valence-corrected chi connectivity index (χ4v) is 4.43. The number of nitrogens with two attached hydrogens (primary N) is 1. The van der Waals surface area contributed by atoms with Gasteiger partial charge in [-0.2, -0.15) is 22.0 Å². The highest BCUT2D eigenvalue weighted by atomic mass is 19.4. The predicted molar refractivity (Wildman–Crippen MR) is 121 cm³/mol. The number of hydrogen-bond acceptors (Lipinski definition) is 5. The van der Waals surface area contributed by atoms with Gasteiger partial charge < -0.3 is 15.5 Å². The Morgan fingerprint density at radius 2 is 1.73 bits per heavy atom. The zero-order chi connectivity index (χ0) is 26.8. The molecule has 0 saturated carbocycles. The number of nitrogens with zero attached hydrogens (tertiary/aromatic N) is 4. The molecule has 0 spiro atoms. The molecule has 1 aliphatic rings. The first-order chi connectivity index (χ1) is 17.3. The standard InChI is InChI=1S/C24H18F6N6O/c1-22(12-5-3-2-4-6-12)16-18(31)33-20(34-19(16)35-21(22)37)17-14-8-7-13(25)11-36(14)15(32-17)9-10-23(26,27)24(28,29)30/h2-8,11H,9-10H2,1H3,(H3,31,33,34,35,37). The number of nitrogen functional groups attached to an aromatic ring is 1. The molecule has 1 atom stereocenters. The Morgan fingerprint density at radius 3 is 2.41 bits per heavy atom. The zero-order valence-electron chi connectivity index (χ0n) is 19.1. The van der Waals surface area contributed by atoms with Crippen LogP contribution in [-0.2, 0) is 16.6 Å². The van der Waals surface area contributed by atoms with Crippen LogP contribution in [0.3, 0.4) is 0 Å². The Labute approximate surface area is 205 Å². The summed E-state index contributed by atoms with van der Waals surface area (Å²) < 4.78 is 80.1. The number of fused-ring (bicyclic) bond motifs is 2. The van der Waals surface area contributed by atoms with Crippen molar-refractivity contribution < 1.29 is 31.1 Å². The summed E-state index contributed by atoms with van der Waals surface area (Å²) in [5, 5.41) is 2.67. The molecule has 0 aliphatic carbocycles. The number of halogens is 6. The number of imidazole rings is 1. The Bertz CT molecular complexity index is 1530. The van der Waals surface area contributed by atoms with Crippen molar-refractivity contribution in [3.63, 3.8) is 0 Å². The summed E-state index contributed by atoms with van der Waals surface area (Å²) in [5.41, 5.74) is 6.16. The molecule has 3 N–H and O–H groups in total. The third kappa shape index (κ3) is 3.85. The number of carbonyl (C=O) groups is 1. The maximum Gasteiger partial charge on any atom is 0.453 e. The van der Waals surface area contributed by atoms with Crippen molar-refractivity contribution in [3.05, 3.63) is 71.4 Å². The Morgan fingerprint density at radius 1 is 1.03 bits per heavy atom. The minimum Gasteiger partial charge on any atom is -0.383 e. The number of aryl methyl sites for hydroxylation is 1. The van der Waals surface area contributed by atoms with Crippen LogP contribution in [0.25, 0.3) is 17.0 Å². The van der Waals surface area contributed by atoms with Crippen molar-refractivity contribution in [1.82, 2.24) is 19.4 Å². The highest BCUT2D eigenvalue weighted by Crippen LogP contribution is 2.45.